The molecule has 1 amide bonds. The molecule has 21 heavy (non-hydrogen) atoms. The van der Waals surface area contributed by atoms with Gasteiger partial charge in [-0.2, -0.15) is 0 Å². The van der Waals surface area contributed by atoms with Gasteiger partial charge in [-0.1, -0.05) is 25.4 Å². The summed E-state index contributed by atoms with van der Waals surface area (Å²) in [5.41, 5.74) is 5.55. The molecule has 0 saturated heterocycles. The standard InChI is InChI=1S/C15H21ClN2O3/c1-3-15(4-2,10-17)14(21)18(9-13(19)20)12-7-5-11(16)6-8-12/h5-8H,3-4,9-10,17H2,1-2H3,(H,19,20). The van der Waals surface area contributed by atoms with E-state index in [-0.39, 0.29) is 12.5 Å². The SMILES string of the molecule is CCC(CC)(CN)C(=O)N(CC(=O)O)c1ccc(Cl)cc1. The topological polar surface area (TPSA) is 83.6 Å². The maximum absolute atomic E-state index is 12.8. The lowest BCUT2D eigenvalue weighted by Gasteiger charge is -2.34. The van der Waals surface area contributed by atoms with E-state index in [4.69, 9.17) is 22.4 Å². The van der Waals surface area contributed by atoms with Gasteiger partial charge >= 0.3 is 5.97 Å². The highest BCUT2D eigenvalue weighted by atomic mass is 35.5. The predicted molar refractivity (Wildman–Crippen MR) is 83.5 cm³/mol. The van der Waals surface area contributed by atoms with Gasteiger partial charge in [0.1, 0.15) is 6.54 Å². The van der Waals surface area contributed by atoms with Crippen molar-refractivity contribution in [1.29, 1.82) is 0 Å². The molecule has 0 bridgehead atoms. The summed E-state index contributed by atoms with van der Waals surface area (Å²) in [6.07, 6.45) is 1.12. The largest absolute Gasteiger partial charge is 0.480 e. The van der Waals surface area contributed by atoms with Gasteiger partial charge in [0.2, 0.25) is 5.91 Å². The molecule has 0 aliphatic carbocycles. The highest BCUT2D eigenvalue weighted by molar-refractivity contribution is 6.30. The highest BCUT2D eigenvalue weighted by Crippen LogP contribution is 2.30. The first-order chi connectivity index (χ1) is 9.90. The third-order valence-corrected chi connectivity index (χ3v) is 4.13. The number of amides is 1. The number of carboxylic acid groups (broad SMARTS) is 1. The Balaban J connectivity index is 3.21. The number of aliphatic carboxylic acids is 1. The molecule has 0 aromatic heterocycles. The summed E-state index contributed by atoms with van der Waals surface area (Å²) in [5, 5.41) is 9.61. The van der Waals surface area contributed by atoms with E-state index in [0.717, 1.165) is 0 Å². The van der Waals surface area contributed by atoms with E-state index in [0.29, 0.717) is 23.6 Å². The molecule has 116 valence electrons. The number of carbonyl (C=O) groups is 2. The molecule has 5 nitrogen and oxygen atoms in total. The van der Waals surface area contributed by atoms with Gasteiger partial charge in [-0.3, -0.25) is 9.59 Å². The quantitative estimate of drug-likeness (QED) is 0.810. The van der Waals surface area contributed by atoms with Crippen molar-refractivity contribution in [2.24, 2.45) is 11.1 Å². The van der Waals surface area contributed by atoms with Crippen molar-refractivity contribution in [1.82, 2.24) is 0 Å². The van der Waals surface area contributed by atoms with Crippen molar-refractivity contribution in [3.63, 3.8) is 0 Å². The van der Waals surface area contributed by atoms with Crippen molar-refractivity contribution in [2.75, 3.05) is 18.0 Å². The molecule has 0 atom stereocenters. The fourth-order valence-corrected chi connectivity index (χ4v) is 2.38. The molecule has 0 saturated carbocycles. The number of nitrogens with two attached hydrogens (primary N) is 1. The van der Waals surface area contributed by atoms with Crippen LogP contribution in [-0.2, 0) is 9.59 Å². The second kappa shape index (κ2) is 7.43. The smallest absolute Gasteiger partial charge is 0.323 e. The number of benzene rings is 1. The van der Waals surface area contributed by atoms with Crippen LogP contribution in [0.1, 0.15) is 26.7 Å². The summed E-state index contributed by atoms with van der Waals surface area (Å²) >= 11 is 5.83. The Morgan fingerprint density at radius 2 is 1.76 bits per heavy atom. The van der Waals surface area contributed by atoms with E-state index in [1.165, 1.54) is 4.90 Å². The second-order valence-corrected chi connectivity index (χ2v) is 5.39. The number of rotatable bonds is 7. The monoisotopic (exact) mass is 312 g/mol. The molecular formula is C15H21ClN2O3. The number of hydrogen-bond donors (Lipinski definition) is 2. The molecule has 0 unspecified atom stereocenters. The minimum absolute atomic E-state index is 0.183. The Hall–Kier alpha value is -1.59. The van der Waals surface area contributed by atoms with Crippen molar-refractivity contribution >= 4 is 29.2 Å². The van der Waals surface area contributed by atoms with E-state index in [1.807, 2.05) is 13.8 Å². The Morgan fingerprint density at radius 1 is 1.24 bits per heavy atom. The summed E-state index contributed by atoms with van der Waals surface area (Å²) in [5.74, 6) is -1.34. The van der Waals surface area contributed by atoms with E-state index in [9.17, 15) is 9.59 Å². The van der Waals surface area contributed by atoms with Gasteiger partial charge < -0.3 is 15.7 Å². The normalized spacial score (nSPS) is 11.2. The van der Waals surface area contributed by atoms with Crippen LogP contribution in [0.25, 0.3) is 0 Å². The lowest BCUT2D eigenvalue weighted by atomic mass is 9.80. The minimum atomic E-state index is -1.07. The highest BCUT2D eigenvalue weighted by Gasteiger charge is 2.38. The molecule has 1 rings (SSSR count). The first-order valence-electron chi connectivity index (χ1n) is 6.89. The third kappa shape index (κ3) is 3.95. The zero-order valence-electron chi connectivity index (χ0n) is 12.3. The zero-order chi connectivity index (χ0) is 16.0. The number of halogens is 1. The Bertz CT molecular complexity index is 490. The maximum Gasteiger partial charge on any atom is 0.323 e. The molecule has 0 spiro atoms. The van der Waals surface area contributed by atoms with Crippen molar-refractivity contribution in [2.45, 2.75) is 26.7 Å². The lowest BCUT2D eigenvalue weighted by Crippen LogP contribution is -2.49. The van der Waals surface area contributed by atoms with E-state index < -0.39 is 17.9 Å². The van der Waals surface area contributed by atoms with E-state index in [1.54, 1.807) is 24.3 Å². The first kappa shape index (κ1) is 17.5. The maximum atomic E-state index is 12.8. The number of anilines is 1. The van der Waals surface area contributed by atoms with Crippen LogP contribution in [0.4, 0.5) is 5.69 Å². The summed E-state index contributed by atoms with van der Waals surface area (Å²) in [6, 6.07) is 6.52. The molecule has 6 heteroatoms. The zero-order valence-corrected chi connectivity index (χ0v) is 13.1. The van der Waals surface area contributed by atoms with Gasteiger partial charge in [-0.25, -0.2) is 0 Å². The van der Waals surface area contributed by atoms with Crippen LogP contribution in [-0.4, -0.2) is 30.1 Å². The third-order valence-electron chi connectivity index (χ3n) is 3.87. The Morgan fingerprint density at radius 3 is 2.14 bits per heavy atom. The molecule has 0 fully saturated rings. The van der Waals surface area contributed by atoms with Crippen molar-refractivity contribution in [3.05, 3.63) is 29.3 Å². The summed E-state index contributed by atoms with van der Waals surface area (Å²) in [6.45, 7) is 3.55. The van der Waals surface area contributed by atoms with Crippen LogP contribution in [0.3, 0.4) is 0 Å². The van der Waals surface area contributed by atoms with Crippen LogP contribution < -0.4 is 10.6 Å². The van der Waals surface area contributed by atoms with Crippen molar-refractivity contribution in [3.8, 4) is 0 Å². The molecule has 1 aromatic rings. The van der Waals surface area contributed by atoms with Gasteiger partial charge in [0.15, 0.2) is 0 Å². The number of nitrogens with zero attached hydrogens (tertiary/aromatic N) is 1. The van der Waals surface area contributed by atoms with Crippen LogP contribution in [0.5, 0.6) is 0 Å². The second-order valence-electron chi connectivity index (χ2n) is 4.95. The van der Waals surface area contributed by atoms with Crippen molar-refractivity contribution < 1.29 is 14.7 Å². The molecule has 0 aliphatic rings. The van der Waals surface area contributed by atoms with Gasteiger partial charge in [-0.05, 0) is 37.1 Å². The van der Waals surface area contributed by atoms with E-state index in [2.05, 4.69) is 0 Å². The predicted octanol–water partition coefficient (Wildman–Crippen LogP) is 2.52. The average molecular weight is 313 g/mol. The van der Waals surface area contributed by atoms with Gasteiger partial charge in [0, 0.05) is 17.3 Å². The lowest BCUT2D eigenvalue weighted by molar-refractivity contribution is -0.138. The van der Waals surface area contributed by atoms with E-state index >= 15 is 0 Å². The van der Waals surface area contributed by atoms with Crippen LogP contribution >= 0.6 is 11.6 Å². The molecule has 1 aromatic carbocycles. The summed E-state index contributed by atoms with van der Waals surface area (Å²) < 4.78 is 0. The number of hydrogen-bond acceptors (Lipinski definition) is 3. The Kier molecular flexibility index (Phi) is 6.18. The van der Waals surface area contributed by atoms with Gasteiger partial charge in [0.05, 0.1) is 5.41 Å². The summed E-state index contributed by atoms with van der Waals surface area (Å²) in [4.78, 5) is 25.2. The molecule has 0 aliphatic heterocycles. The van der Waals surface area contributed by atoms with Crippen LogP contribution in [0.2, 0.25) is 5.02 Å². The van der Waals surface area contributed by atoms with Crippen LogP contribution in [0, 0.1) is 5.41 Å². The van der Waals surface area contributed by atoms with Gasteiger partial charge in [-0.15, -0.1) is 0 Å². The average Bonchev–Trinajstić information content (AvgIpc) is 2.48. The first-order valence-corrected chi connectivity index (χ1v) is 7.27. The van der Waals surface area contributed by atoms with Crippen LogP contribution in [0.15, 0.2) is 24.3 Å². The molecule has 0 radical (unpaired) electrons. The molecule has 3 N–H and O–H groups in total. The fraction of sp³-hybridized carbons (Fsp3) is 0.467. The number of carboxylic acids is 1. The fourth-order valence-electron chi connectivity index (χ4n) is 2.25. The molecule has 0 heterocycles. The summed E-state index contributed by atoms with van der Waals surface area (Å²) in [7, 11) is 0. The van der Waals surface area contributed by atoms with Gasteiger partial charge in [0.25, 0.3) is 0 Å². The molecular weight excluding hydrogens is 292 g/mol. The minimum Gasteiger partial charge on any atom is -0.480 e. The number of carbonyl (C=O) groups excluding carboxylic acids is 1. The Labute approximate surface area is 129 Å².